The van der Waals surface area contributed by atoms with Gasteiger partial charge in [-0.05, 0) is 18.4 Å². The Bertz CT molecular complexity index is 659. The van der Waals surface area contributed by atoms with Gasteiger partial charge in [-0.1, -0.05) is 0 Å². The molecule has 1 amide bonds. The van der Waals surface area contributed by atoms with E-state index >= 15 is 0 Å². The second-order valence-corrected chi connectivity index (χ2v) is 5.09. The largest absolute Gasteiger partial charge is 0.334 e. The van der Waals surface area contributed by atoms with E-state index in [1.54, 1.807) is 25.4 Å². The molecule has 2 aromatic rings. The van der Waals surface area contributed by atoms with Gasteiger partial charge in [-0.15, -0.1) is 11.8 Å². The van der Waals surface area contributed by atoms with E-state index in [4.69, 9.17) is 0 Å². The Morgan fingerprint density at radius 3 is 2.86 bits per heavy atom. The first kappa shape index (κ1) is 15.0. The van der Waals surface area contributed by atoms with E-state index in [9.17, 15) is 14.9 Å². The molecule has 1 aromatic carbocycles. The van der Waals surface area contributed by atoms with Crippen LogP contribution in [0.1, 0.15) is 16.2 Å². The van der Waals surface area contributed by atoms with E-state index in [1.165, 1.54) is 29.1 Å². The number of carbonyl (C=O) groups is 1. The van der Waals surface area contributed by atoms with Crippen molar-refractivity contribution in [3.63, 3.8) is 0 Å². The zero-order chi connectivity index (χ0) is 15.4. The molecule has 110 valence electrons. The fourth-order valence-electron chi connectivity index (χ4n) is 1.79. The van der Waals surface area contributed by atoms with E-state index in [0.29, 0.717) is 10.7 Å². The molecule has 2 rings (SSSR count). The summed E-state index contributed by atoms with van der Waals surface area (Å²) in [5, 5.41) is 17.4. The summed E-state index contributed by atoms with van der Waals surface area (Å²) in [6, 6.07) is 4.46. The Labute approximate surface area is 124 Å². The van der Waals surface area contributed by atoms with E-state index < -0.39 is 4.92 Å². The van der Waals surface area contributed by atoms with Gasteiger partial charge in [0.05, 0.1) is 16.4 Å². The Hall–Kier alpha value is -2.42. The number of aromatic nitrogens is 3. The van der Waals surface area contributed by atoms with E-state index in [2.05, 4.69) is 15.2 Å². The van der Waals surface area contributed by atoms with Gasteiger partial charge in [0.2, 0.25) is 0 Å². The van der Waals surface area contributed by atoms with Crippen LogP contribution >= 0.6 is 11.8 Å². The first-order chi connectivity index (χ1) is 10.0. The molecule has 0 spiro atoms. The highest BCUT2D eigenvalue weighted by atomic mass is 32.2. The van der Waals surface area contributed by atoms with E-state index in [1.807, 2.05) is 0 Å². The molecule has 0 aliphatic carbocycles. The number of nitro groups is 1. The zero-order valence-corrected chi connectivity index (χ0v) is 12.3. The van der Waals surface area contributed by atoms with Crippen molar-refractivity contribution in [3.05, 3.63) is 46.0 Å². The van der Waals surface area contributed by atoms with Crippen LogP contribution in [0.15, 0.2) is 29.4 Å². The predicted octanol–water partition coefficient (Wildman–Crippen LogP) is 1.71. The molecule has 8 nitrogen and oxygen atoms in total. The summed E-state index contributed by atoms with van der Waals surface area (Å²) < 4.78 is 0. The fraction of sp³-hybridized carbons (Fsp3) is 0.250. The lowest BCUT2D eigenvalue weighted by Crippen LogP contribution is -2.26. The number of benzene rings is 1. The second kappa shape index (κ2) is 6.35. The smallest absolute Gasteiger partial charge is 0.283 e. The van der Waals surface area contributed by atoms with Crippen LogP contribution in [-0.2, 0) is 6.54 Å². The summed E-state index contributed by atoms with van der Waals surface area (Å²) in [4.78, 5) is 28.7. The van der Waals surface area contributed by atoms with Crippen molar-refractivity contribution in [2.45, 2.75) is 11.4 Å². The number of hydrogen-bond acceptors (Lipinski definition) is 6. The summed E-state index contributed by atoms with van der Waals surface area (Å²) >= 11 is 1.27. The van der Waals surface area contributed by atoms with Crippen molar-refractivity contribution in [1.82, 2.24) is 20.1 Å². The van der Waals surface area contributed by atoms with Gasteiger partial charge in [0.15, 0.2) is 0 Å². The Morgan fingerprint density at radius 1 is 1.52 bits per heavy atom. The van der Waals surface area contributed by atoms with Crippen molar-refractivity contribution in [3.8, 4) is 0 Å². The highest BCUT2D eigenvalue weighted by molar-refractivity contribution is 7.98. The van der Waals surface area contributed by atoms with Gasteiger partial charge in [0.1, 0.15) is 12.2 Å². The standard InChI is InChI=1S/C12H13N5O3S/c1-16(6-11-13-7-14-15-11)12(18)8-3-4-10(21-2)9(5-8)17(19)20/h3-5,7H,6H2,1-2H3,(H,13,14,15). The second-order valence-electron chi connectivity index (χ2n) is 4.24. The molecule has 0 atom stereocenters. The number of nitro benzene ring substituents is 1. The Balaban J connectivity index is 2.22. The molecule has 0 radical (unpaired) electrons. The number of hydrogen-bond donors (Lipinski definition) is 1. The monoisotopic (exact) mass is 307 g/mol. The molecule has 0 unspecified atom stereocenters. The number of thioether (sulfide) groups is 1. The van der Waals surface area contributed by atoms with Crippen LogP contribution in [0.25, 0.3) is 0 Å². The van der Waals surface area contributed by atoms with Crippen molar-refractivity contribution in [1.29, 1.82) is 0 Å². The number of H-pyrrole nitrogens is 1. The first-order valence-electron chi connectivity index (χ1n) is 5.95. The molecule has 0 aliphatic heterocycles. The van der Waals surface area contributed by atoms with Crippen LogP contribution in [0.4, 0.5) is 5.69 Å². The van der Waals surface area contributed by atoms with Crippen molar-refractivity contribution in [2.75, 3.05) is 13.3 Å². The third-order valence-corrected chi connectivity index (χ3v) is 3.61. The summed E-state index contributed by atoms with van der Waals surface area (Å²) in [7, 11) is 1.60. The molecule has 1 aromatic heterocycles. The lowest BCUT2D eigenvalue weighted by atomic mass is 10.2. The molecular weight excluding hydrogens is 294 g/mol. The SMILES string of the molecule is CSc1ccc(C(=O)N(C)Cc2ncn[nH]2)cc1[N+](=O)[O-]. The molecule has 0 fully saturated rings. The van der Waals surface area contributed by atoms with Gasteiger partial charge in [0, 0.05) is 18.7 Å². The maximum Gasteiger partial charge on any atom is 0.283 e. The van der Waals surface area contributed by atoms with E-state index in [0.717, 1.165) is 0 Å². The number of aromatic amines is 1. The number of nitrogens with zero attached hydrogens (tertiary/aromatic N) is 4. The molecule has 21 heavy (non-hydrogen) atoms. The fourth-order valence-corrected chi connectivity index (χ4v) is 2.34. The number of carbonyl (C=O) groups excluding carboxylic acids is 1. The first-order valence-corrected chi connectivity index (χ1v) is 7.17. The van der Waals surface area contributed by atoms with Crippen LogP contribution in [-0.4, -0.2) is 44.2 Å². The molecule has 9 heteroatoms. The molecule has 1 heterocycles. The van der Waals surface area contributed by atoms with Crippen LogP contribution in [0.3, 0.4) is 0 Å². The van der Waals surface area contributed by atoms with Crippen LogP contribution in [0.5, 0.6) is 0 Å². The van der Waals surface area contributed by atoms with Gasteiger partial charge in [-0.25, -0.2) is 4.98 Å². The third kappa shape index (κ3) is 3.37. The van der Waals surface area contributed by atoms with E-state index in [-0.39, 0.29) is 23.7 Å². The Kier molecular flexibility index (Phi) is 4.53. The average molecular weight is 307 g/mol. The third-order valence-electron chi connectivity index (χ3n) is 2.82. The Morgan fingerprint density at radius 2 is 2.29 bits per heavy atom. The summed E-state index contributed by atoms with van der Waals surface area (Å²) in [6.07, 6.45) is 3.10. The van der Waals surface area contributed by atoms with Gasteiger partial charge in [0.25, 0.3) is 11.6 Å². The quantitative estimate of drug-likeness (QED) is 0.512. The van der Waals surface area contributed by atoms with Crippen molar-refractivity contribution < 1.29 is 9.72 Å². The summed E-state index contributed by atoms with van der Waals surface area (Å²) in [6.45, 7) is 0.247. The van der Waals surface area contributed by atoms with Crippen LogP contribution in [0.2, 0.25) is 0 Å². The molecule has 0 bridgehead atoms. The highest BCUT2D eigenvalue weighted by Crippen LogP contribution is 2.28. The lowest BCUT2D eigenvalue weighted by Gasteiger charge is -2.15. The molecule has 1 N–H and O–H groups in total. The van der Waals surface area contributed by atoms with Gasteiger partial charge >= 0.3 is 0 Å². The minimum Gasteiger partial charge on any atom is -0.334 e. The molecule has 0 saturated heterocycles. The predicted molar refractivity (Wildman–Crippen MR) is 77.1 cm³/mol. The average Bonchev–Trinajstić information content (AvgIpc) is 2.98. The normalized spacial score (nSPS) is 10.4. The van der Waals surface area contributed by atoms with Crippen molar-refractivity contribution in [2.24, 2.45) is 0 Å². The minimum atomic E-state index is -0.487. The minimum absolute atomic E-state index is 0.0681. The molecule has 0 saturated carbocycles. The summed E-state index contributed by atoms with van der Waals surface area (Å²) in [5.74, 6) is 0.225. The number of nitrogens with one attached hydrogen (secondary N) is 1. The zero-order valence-electron chi connectivity index (χ0n) is 11.4. The van der Waals surface area contributed by atoms with Gasteiger partial charge < -0.3 is 4.90 Å². The topological polar surface area (TPSA) is 105 Å². The van der Waals surface area contributed by atoms with Gasteiger partial charge in [-0.3, -0.25) is 20.0 Å². The number of rotatable bonds is 5. The lowest BCUT2D eigenvalue weighted by molar-refractivity contribution is -0.387. The number of amides is 1. The maximum absolute atomic E-state index is 12.3. The molecular formula is C12H13N5O3S. The highest BCUT2D eigenvalue weighted by Gasteiger charge is 2.19. The van der Waals surface area contributed by atoms with Gasteiger partial charge in [-0.2, -0.15) is 5.10 Å². The van der Waals surface area contributed by atoms with Crippen LogP contribution in [0, 0.1) is 10.1 Å². The van der Waals surface area contributed by atoms with Crippen LogP contribution < -0.4 is 0 Å². The van der Waals surface area contributed by atoms with Crippen molar-refractivity contribution >= 4 is 23.4 Å². The molecule has 0 aliphatic rings. The maximum atomic E-state index is 12.3. The summed E-state index contributed by atoms with van der Waals surface area (Å²) in [5.41, 5.74) is 0.197.